The highest BCUT2D eigenvalue weighted by Crippen LogP contribution is 2.37. The van der Waals surface area contributed by atoms with Gasteiger partial charge in [-0.3, -0.25) is 14.9 Å². The van der Waals surface area contributed by atoms with Crippen LogP contribution in [0.3, 0.4) is 0 Å². The summed E-state index contributed by atoms with van der Waals surface area (Å²) >= 11 is 1.30. The Morgan fingerprint density at radius 3 is 2.97 bits per heavy atom. The Morgan fingerprint density at radius 1 is 1.39 bits per heavy atom. The van der Waals surface area contributed by atoms with Crippen molar-refractivity contribution in [2.24, 2.45) is 0 Å². The summed E-state index contributed by atoms with van der Waals surface area (Å²) in [7, 11) is 0. The number of aryl methyl sites for hydroxylation is 3. The van der Waals surface area contributed by atoms with Crippen LogP contribution < -0.4 is 5.32 Å². The average molecular weight is 440 g/mol. The van der Waals surface area contributed by atoms with Crippen LogP contribution in [0.2, 0.25) is 0 Å². The standard InChI is InChI=1S/C22H22FN5O2S/c1-3-13-9-12(2)14-10-28(21(30)16(14)17(13)23)19(20(29)26-22-24-6-8-31-22)18-15-5-4-7-27(15)11-25-18/h6,8-9,11,19H,3-5,7,10H2,1-2H3,(H,24,26,29). The number of nitrogens with zero attached hydrogens (tertiary/aromatic N) is 4. The van der Waals surface area contributed by atoms with Crippen LogP contribution in [0.4, 0.5) is 9.52 Å². The molecule has 0 saturated heterocycles. The minimum Gasteiger partial charge on any atom is -0.334 e. The molecule has 2 aliphatic rings. The van der Waals surface area contributed by atoms with E-state index in [-0.39, 0.29) is 12.1 Å². The smallest absolute Gasteiger partial charge is 0.258 e. The second-order valence-electron chi connectivity index (χ2n) is 7.91. The van der Waals surface area contributed by atoms with Gasteiger partial charge in [0.1, 0.15) is 5.82 Å². The summed E-state index contributed by atoms with van der Waals surface area (Å²) < 4.78 is 17.2. The van der Waals surface area contributed by atoms with Crippen LogP contribution in [-0.4, -0.2) is 31.2 Å². The zero-order chi connectivity index (χ0) is 21.7. The van der Waals surface area contributed by atoms with Crippen LogP contribution in [0, 0.1) is 12.7 Å². The summed E-state index contributed by atoms with van der Waals surface area (Å²) in [5.74, 6) is -1.34. The first kappa shape index (κ1) is 19.9. The summed E-state index contributed by atoms with van der Waals surface area (Å²) in [5.41, 5.74) is 3.61. The number of amides is 2. The minimum absolute atomic E-state index is 0.0831. The Balaban J connectivity index is 1.58. The third-order valence-corrected chi connectivity index (χ3v) is 6.82. The number of hydrogen-bond acceptors (Lipinski definition) is 5. The van der Waals surface area contributed by atoms with Gasteiger partial charge in [-0.15, -0.1) is 11.3 Å². The number of rotatable bonds is 5. The average Bonchev–Trinajstić information content (AvgIpc) is 3.52. The van der Waals surface area contributed by atoms with Crippen molar-refractivity contribution in [1.82, 2.24) is 19.4 Å². The normalized spacial score (nSPS) is 15.8. The minimum atomic E-state index is -0.956. The molecule has 1 aromatic carbocycles. The molecule has 2 aliphatic heterocycles. The first-order chi connectivity index (χ1) is 15.0. The summed E-state index contributed by atoms with van der Waals surface area (Å²) in [4.78, 5) is 36.9. The van der Waals surface area contributed by atoms with Gasteiger partial charge in [0.05, 0.1) is 17.6 Å². The van der Waals surface area contributed by atoms with Gasteiger partial charge in [0.25, 0.3) is 11.8 Å². The molecule has 0 spiro atoms. The van der Waals surface area contributed by atoms with Crippen molar-refractivity contribution in [2.75, 3.05) is 5.32 Å². The molecular formula is C22H22FN5O2S. The fourth-order valence-electron chi connectivity index (χ4n) is 4.59. The number of thiazole rings is 1. The van der Waals surface area contributed by atoms with Crippen molar-refractivity contribution < 1.29 is 14.0 Å². The Morgan fingerprint density at radius 2 is 2.23 bits per heavy atom. The second-order valence-corrected chi connectivity index (χ2v) is 8.80. The van der Waals surface area contributed by atoms with Gasteiger partial charge in [-0.2, -0.15) is 0 Å². The molecule has 2 aromatic heterocycles. The number of carbonyl (C=O) groups excluding carboxylic acids is 2. The molecule has 1 atom stereocenters. The number of nitrogens with one attached hydrogen (secondary N) is 1. The monoisotopic (exact) mass is 439 g/mol. The van der Waals surface area contributed by atoms with Gasteiger partial charge in [0, 0.05) is 30.4 Å². The van der Waals surface area contributed by atoms with Crippen LogP contribution in [0.25, 0.3) is 0 Å². The number of hydrogen-bond donors (Lipinski definition) is 1. The Hall–Kier alpha value is -3.07. The molecule has 7 nitrogen and oxygen atoms in total. The van der Waals surface area contributed by atoms with E-state index in [1.165, 1.54) is 16.2 Å². The highest BCUT2D eigenvalue weighted by atomic mass is 32.1. The largest absolute Gasteiger partial charge is 0.334 e. The lowest BCUT2D eigenvalue weighted by molar-refractivity contribution is -0.121. The first-order valence-electron chi connectivity index (χ1n) is 10.4. The fourth-order valence-corrected chi connectivity index (χ4v) is 5.12. The molecule has 1 N–H and O–H groups in total. The third-order valence-electron chi connectivity index (χ3n) is 6.13. The van der Waals surface area contributed by atoms with E-state index in [2.05, 4.69) is 15.3 Å². The Kier molecular flexibility index (Phi) is 4.85. The van der Waals surface area contributed by atoms with E-state index in [0.717, 1.165) is 30.6 Å². The molecule has 1 unspecified atom stereocenters. The topological polar surface area (TPSA) is 80.1 Å². The zero-order valence-electron chi connectivity index (χ0n) is 17.3. The third kappa shape index (κ3) is 3.15. The molecule has 0 radical (unpaired) electrons. The number of carbonyl (C=O) groups is 2. The first-order valence-corrected chi connectivity index (χ1v) is 11.2. The zero-order valence-corrected chi connectivity index (χ0v) is 18.1. The van der Waals surface area contributed by atoms with Gasteiger partial charge in [0.15, 0.2) is 11.2 Å². The van der Waals surface area contributed by atoms with Crippen LogP contribution in [0.5, 0.6) is 0 Å². The molecule has 9 heteroatoms. The summed E-state index contributed by atoms with van der Waals surface area (Å²) in [6, 6.07) is 0.839. The van der Waals surface area contributed by atoms with Crippen LogP contribution in [0.15, 0.2) is 24.0 Å². The molecule has 0 aliphatic carbocycles. The second kappa shape index (κ2) is 7.56. The number of anilines is 1. The molecular weight excluding hydrogens is 417 g/mol. The van der Waals surface area contributed by atoms with Crippen molar-refractivity contribution in [3.05, 3.63) is 63.4 Å². The van der Waals surface area contributed by atoms with Crippen LogP contribution in [0.1, 0.15) is 57.8 Å². The van der Waals surface area contributed by atoms with Gasteiger partial charge in [-0.1, -0.05) is 13.0 Å². The summed E-state index contributed by atoms with van der Waals surface area (Å²) in [6.07, 6.45) is 5.57. The molecule has 0 saturated carbocycles. The maximum Gasteiger partial charge on any atom is 0.258 e. The molecule has 0 bridgehead atoms. The van der Waals surface area contributed by atoms with Crippen molar-refractivity contribution in [3.63, 3.8) is 0 Å². The van der Waals surface area contributed by atoms with Crippen LogP contribution in [-0.2, 0) is 30.7 Å². The van der Waals surface area contributed by atoms with Gasteiger partial charge < -0.3 is 9.47 Å². The van der Waals surface area contributed by atoms with E-state index in [1.54, 1.807) is 24.0 Å². The molecule has 2 amide bonds. The van der Waals surface area contributed by atoms with E-state index < -0.39 is 23.7 Å². The lowest BCUT2D eigenvalue weighted by Gasteiger charge is -2.26. The van der Waals surface area contributed by atoms with Crippen molar-refractivity contribution in [3.8, 4) is 0 Å². The van der Waals surface area contributed by atoms with Crippen molar-refractivity contribution >= 4 is 28.3 Å². The van der Waals surface area contributed by atoms with Gasteiger partial charge >= 0.3 is 0 Å². The number of aromatic nitrogens is 3. The van der Waals surface area contributed by atoms with E-state index in [4.69, 9.17) is 0 Å². The molecule has 0 fully saturated rings. The molecule has 3 aromatic rings. The van der Waals surface area contributed by atoms with E-state index in [0.29, 0.717) is 28.4 Å². The molecule has 4 heterocycles. The highest BCUT2D eigenvalue weighted by molar-refractivity contribution is 7.13. The van der Waals surface area contributed by atoms with Crippen molar-refractivity contribution in [2.45, 2.75) is 52.2 Å². The Bertz CT molecular complexity index is 1190. The maximum absolute atomic E-state index is 15.1. The molecule has 31 heavy (non-hydrogen) atoms. The predicted molar refractivity (Wildman–Crippen MR) is 114 cm³/mol. The molecule has 160 valence electrons. The number of benzene rings is 1. The van der Waals surface area contributed by atoms with E-state index in [9.17, 15) is 9.59 Å². The van der Waals surface area contributed by atoms with Gasteiger partial charge in [-0.25, -0.2) is 14.4 Å². The number of halogens is 1. The van der Waals surface area contributed by atoms with Gasteiger partial charge in [0.2, 0.25) is 0 Å². The van der Waals surface area contributed by atoms with E-state index in [1.807, 2.05) is 18.4 Å². The number of fused-ring (bicyclic) bond motifs is 2. The number of imidazole rings is 1. The lowest BCUT2D eigenvalue weighted by atomic mass is 9.98. The molecule has 5 rings (SSSR count). The van der Waals surface area contributed by atoms with Crippen LogP contribution >= 0.6 is 11.3 Å². The lowest BCUT2D eigenvalue weighted by Crippen LogP contribution is -2.38. The Labute approximate surface area is 182 Å². The highest BCUT2D eigenvalue weighted by Gasteiger charge is 2.43. The fraction of sp³-hybridized carbons (Fsp3) is 0.364. The van der Waals surface area contributed by atoms with Crippen molar-refractivity contribution in [1.29, 1.82) is 0 Å². The quantitative estimate of drug-likeness (QED) is 0.658. The maximum atomic E-state index is 15.1. The summed E-state index contributed by atoms with van der Waals surface area (Å²) in [5, 5.41) is 5.02. The SMILES string of the molecule is CCc1cc(C)c2c(c1F)C(=O)N(C(C(=O)Nc1nccs1)c1ncn3c1CCC3)C2. The summed E-state index contributed by atoms with van der Waals surface area (Å²) in [6.45, 7) is 4.75. The van der Waals surface area contributed by atoms with E-state index >= 15 is 4.39 Å². The van der Waals surface area contributed by atoms with Gasteiger partial charge in [-0.05, 0) is 42.9 Å². The predicted octanol–water partition coefficient (Wildman–Crippen LogP) is 3.63.